The summed E-state index contributed by atoms with van der Waals surface area (Å²) in [5.41, 5.74) is 0.417. The quantitative estimate of drug-likeness (QED) is 0.531. The highest BCUT2D eigenvalue weighted by Crippen LogP contribution is 2.07. The van der Waals surface area contributed by atoms with E-state index >= 15 is 0 Å². The molecule has 1 heterocycles. The molecule has 0 atom stereocenters. The van der Waals surface area contributed by atoms with Crippen molar-refractivity contribution in [1.82, 2.24) is 10.6 Å². The van der Waals surface area contributed by atoms with Crippen LogP contribution in [0.5, 0.6) is 0 Å². The third-order valence-electron chi connectivity index (χ3n) is 2.13. The third-order valence-corrected chi connectivity index (χ3v) is 2.13. The highest BCUT2D eigenvalue weighted by molar-refractivity contribution is 6.18. The molecule has 0 saturated carbocycles. The maximum Gasteiger partial charge on any atom is 0.258 e. The molecule has 1 aliphatic rings. The first kappa shape index (κ1) is 13.6. The van der Waals surface area contributed by atoms with Gasteiger partial charge in [0, 0.05) is 22.8 Å². The largest absolute Gasteiger partial charge is 0.289 e. The van der Waals surface area contributed by atoms with Crippen LogP contribution < -0.4 is 10.6 Å². The Morgan fingerprint density at radius 3 is 2.33 bits per heavy atom. The molecule has 1 rings (SSSR count). The fourth-order valence-electron chi connectivity index (χ4n) is 1.14. The van der Waals surface area contributed by atoms with Crippen LogP contribution in [0.4, 0.5) is 0 Å². The van der Waals surface area contributed by atoms with Gasteiger partial charge in [-0.3, -0.25) is 29.8 Å². The topological polar surface area (TPSA) is 92.3 Å². The first-order chi connectivity index (χ1) is 8.31. The van der Waals surface area contributed by atoms with Crippen LogP contribution in [0, 0.1) is 0 Å². The predicted molar refractivity (Wildman–Crippen MR) is 63.0 cm³/mol. The lowest BCUT2D eigenvalue weighted by Gasteiger charge is -2.03. The minimum atomic E-state index is -0.643. The molecule has 18 heavy (non-hydrogen) atoms. The molecular formula is C12H12N2O4. The van der Waals surface area contributed by atoms with Crippen molar-refractivity contribution in [3.8, 4) is 0 Å². The Labute approximate surface area is 103 Å². The molecule has 6 heteroatoms. The van der Waals surface area contributed by atoms with Crippen LogP contribution in [0.2, 0.25) is 0 Å². The lowest BCUT2D eigenvalue weighted by molar-refractivity contribution is -0.126. The number of imide groups is 2. The van der Waals surface area contributed by atoms with Crippen LogP contribution in [0.25, 0.3) is 0 Å². The second-order valence-electron chi connectivity index (χ2n) is 3.81. The Morgan fingerprint density at radius 1 is 1.28 bits per heavy atom. The van der Waals surface area contributed by atoms with E-state index in [-0.39, 0.29) is 16.7 Å². The number of hydrogen-bond acceptors (Lipinski definition) is 4. The summed E-state index contributed by atoms with van der Waals surface area (Å²) in [4.78, 5) is 44.8. The van der Waals surface area contributed by atoms with Gasteiger partial charge in [0.05, 0.1) is 0 Å². The maximum absolute atomic E-state index is 11.5. The Bertz CT molecular complexity index is 526. The molecular weight excluding hydrogens is 236 g/mol. The van der Waals surface area contributed by atoms with Crippen molar-refractivity contribution in [3.05, 3.63) is 35.5 Å². The summed E-state index contributed by atoms with van der Waals surface area (Å²) in [7, 11) is 0. The molecule has 0 bridgehead atoms. The van der Waals surface area contributed by atoms with Crippen molar-refractivity contribution < 1.29 is 19.2 Å². The highest BCUT2D eigenvalue weighted by Gasteiger charge is 2.20. The zero-order valence-electron chi connectivity index (χ0n) is 9.99. The minimum absolute atomic E-state index is 0.0791. The molecule has 0 radical (unpaired) electrons. The number of carbonyl (C=O) groups is 4. The third kappa shape index (κ3) is 3.24. The zero-order valence-corrected chi connectivity index (χ0v) is 9.99. The summed E-state index contributed by atoms with van der Waals surface area (Å²) >= 11 is 0. The van der Waals surface area contributed by atoms with Crippen molar-refractivity contribution in [2.75, 3.05) is 0 Å². The second kappa shape index (κ2) is 5.22. The lowest BCUT2D eigenvalue weighted by Crippen LogP contribution is -2.31. The zero-order chi connectivity index (χ0) is 13.9. The molecule has 0 aromatic carbocycles. The Hall–Kier alpha value is -2.50. The average Bonchev–Trinajstić information content (AvgIpc) is 2.56. The van der Waals surface area contributed by atoms with Crippen LogP contribution in [0.3, 0.4) is 0 Å². The van der Waals surface area contributed by atoms with E-state index in [1.54, 1.807) is 0 Å². The van der Waals surface area contributed by atoms with Crippen LogP contribution in [-0.4, -0.2) is 23.6 Å². The fourth-order valence-corrected chi connectivity index (χ4v) is 1.14. The van der Waals surface area contributed by atoms with E-state index in [0.717, 1.165) is 6.08 Å². The first-order valence-corrected chi connectivity index (χ1v) is 5.07. The molecule has 0 aliphatic carbocycles. The normalized spacial score (nSPS) is 15.0. The van der Waals surface area contributed by atoms with Crippen molar-refractivity contribution in [3.63, 3.8) is 0 Å². The van der Waals surface area contributed by atoms with Gasteiger partial charge < -0.3 is 0 Å². The van der Waals surface area contributed by atoms with Gasteiger partial charge in [-0.1, -0.05) is 6.58 Å². The first-order valence-electron chi connectivity index (χ1n) is 5.07. The van der Waals surface area contributed by atoms with E-state index in [1.165, 1.54) is 19.9 Å². The van der Waals surface area contributed by atoms with Crippen molar-refractivity contribution >= 4 is 23.6 Å². The Balaban J connectivity index is 2.78. The van der Waals surface area contributed by atoms with Crippen molar-refractivity contribution in [2.45, 2.75) is 13.8 Å². The number of carbonyl (C=O) groups excluding carboxylic acids is 4. The van der Waals surface area contributed by atoms with E-state index in [4.69, 9.17) is 0 Å². The fraction of sp³-hybridized carbons (Fsp3) is 0.167. The van der Waals surface area contributed by atoms with E-state index < -0.39 is 23.6 Å². The van der Waals surface area contributed by atoms with Crippen molar-refractivity contribution in [1.29, 1.82) is 0 Å². The van der Waals surface area contributed by atoms with Gasteiger partial charge in [-0.05, 0) is 19.9 Å². The van der Waals surface area contributed by atoms with Gasteiger partial charge in [0.15, 0.2) is 0 Å². The van der Waals surface area contributed by atoms with Gasteiger partial charge in [-0.25, -0.2) is 0 Å². The molecule has 1 aliphatic heterocycles. The van der Waals surface area contributed by atoms with E-state index in [9.17, 15) is 19.2 Å². The molecule has 6 nitrogen and oxygen atoms in total. The Morgan fingerprint density at radius 2 is 1.89 bits per heavy atom. The lowest BCUT2D eigenvalue weighted by atomic mass is 10.1. The smallest absolute Gasteiger partial charge is 0.258 e. The van der Waals surface area contributed by atoms with E-state index in [0.29, 0.717) is 0 Å². The molecule has 0 fully saturated rings. The molecule has 4 amide bonds. The minimum Gasteiger partial charge on any atom is -0.289 e. The van der Waals surface area contributed by atoms with Gasteiger partial charge in [-0.15, -0.1) is 0 Å². The molecule has 0 aromatic rings. The number of rotatable bonds is 3. The molecule has 2 N–H and O–H groups in total. The standard InChI is InChI=1S/C12H12N2O4/c1-6(2)10(16)14-11(17)7(3)4-8-5-9(15)13-12(8)18/h4-5H,1H2,2-3H3,(H,13,15,18)(H,14,16,17). The van der Waals surface area contributed by atoms with E-state index in [1.807, 2.05) is 5.32 Å². The van der Waals surface area contributed by atoms with Gasteiger partial charge in [0.1, 0.15) is 0 Å². The van der Waals surface area contributed by atoms with Crippen LogP contribution in [0.1, 0.15) is 13.8 Å². The molecule has 94 valence electrons. The molecule has 0 spiro atoms. The van der Waals surface area contributed by atoms with Gasteiger partial charge >= 0.3 is 0 Å². The number of hydrogen-bond donors (Lipinski definition) is 2. The molecule has 0 aromatic heterocycles. The molecule has 0 saturated heterocycles. The van der Waals surface area contributed by atoms with Crippen molar-refractivity contribution in [2.24, 2.45) is 0 Å². The second-order valence-corrected chi connectivity index (χ2v) is 3.81. The monoisotopic (exact) mass is 248 g/mol. The van der Waals surface area contributed by atoms with Crippen LogP contribution in [-0.2, 0) is 19.2 Å². The Kier molecular flexibility index (Phi) is 3.93. The summed E-state index contributed by atoms with van der Waals surface area (Å²) in [6.45, 7) is 6.28. The maximum atomic E-state index is 11.5. The average molecular weight is 248 g/mol. The van der Waals surface area contributed by atoms with Gasteiger partial charge in [0.2, 0.25) is 0 Å². The highest BCUT2D eigenvalue weighted by atomic mass is 16.2. The number of amides is 4. The van der Waals surface area contributed by atoms with E-state index in [2.05, 4.69) is 11.9 Å². The summed E-state index contributed by atoms with van der Waals surface area (Å²) in [5.74, 6) is -2.33. The van der Waals surface area contributed by atoms with Crippen LogP contribution >= 0.6 is 0 Å². The number of nitrogens with one attached hydrogen (secondary N) is 2. The predicted octanol–water partition coefficient (Wildman–Crippen LogP) is -0.266. The summed E-state index contributed by atoms with van der Waals surface area (Å²) in [6, 6.07) is 0. The van der Waals surface area contributed by atoms with Crippen LogP contribution in [0.15, 0.2) is 35.5 Å². The summed E-state index contributed by atoms with van der Waals surface area (Å²) in [5, 5.41) is 4.13. The summed E-state index contributed by atoms with van der Waals surface area (Å²) in [6.07, 6.45) is 2.32. The molecule has 0 unspecified atom stereocenters. The SMILES string of the molecule is C=C(C)C(=O)NC(=O)C(C)=CC1=CC(=O)NC1=O. The summed E-state index contributed by atoms with van der Waals surface area (Å²) < 4.78 is 0. The van der Waals surface area contributed by atoms with Gasteiger partial charge in [0.25, 0.3) is 23.6 Å². The van der Waals surface area contributed by atoms with Gasteiger partial charge in [-0.2, -0.15) is 0 Å².